The van der Waals surface area contributed by atoms with E-state index in [1.165, 1.54) is 13.0 Å². The number of benzene rings is 2. The van der Waals surface area contributed by atoms with Crippen LogP contribution >= 0.6 is 0 Å². The number of halogens is 1. The number of carboxylic acid groups (broad SMARTS) is 1. The van der Waals surface area contributed by atoms with Crippen LogP contribution in [0.15, 0.2) is 42.5 Å². The summed E-state index contributed by atoms with van der Waals surface area (Å²) in [5.74, 6) is -0.256. The van der Waals surface area contributed by atoms with Crippen molar-refractivity contribution in [3.8, 4) is 0 Å². The Labute approximate surface area is 319 Å². The van der Waals surface area contributed by atoms with Gasteiger partial charge in [-0.3, -0.25) is 14.6 Å². The molecule has 5 N–H and O–H groups in total. The summed E-state index contributed by atoms with van der Waals surface area (Å²) in [6, 6.07) is 12.9. The molecule has 11 atom stereocenters. The van der Waals surface area contributed by atoms with Gasteiger partial charge in [0.05, 0.1) is 40.3 Å². The smallest absolute Gasteiger partial charge is 0.303 e. The van der Waals surface area contributed by atoms with Crippen LogP contribution in [0.3, 0.4) is 0 Å². The van der Waals surface area contributed by atoms with Crippen LogP contribution in [0, 0.1) is 59.1 Å². The summed E-state index contributed by atoms with van der Waals surface area (Å²) in [6.45, 7) is 10.3. The number of carboxylic acids is 1. The van der Waals surface area contributed by atoms with Gasteiger partial charge < -0.3 is 25.7 Å². The summed E-state index contributed by atoms with van der Waals surface area (Å²) in [7, 11) is 0. The average molecular weight is 743 g/mol. The molecule has 0 aliphatic heterocycles. The van der Waals surface area contributed by atoms with Crippen molar-refractivity contribution < 1.29 is 34.4 Å². The van der Waals surface area contributed by atoms with Crippen LogP contribution in [0.5, 0.6) is 0 Å². The van der Waals surface area contributed by atoms with Gasteiger partial charge >= 0.3 is 5.97 Å². The van der Waals surface area contributed by atoms with Crippen molar-refractivity contribution in [2.24, 2.45) is 46.3 Å². The quantitative estimate of drug-likeness (QED) is 0.124. The summed E-state index contributed by atoms with van der Waals surface area (Å²) in [6.07, 6.45) is 5.64. The van der Waals surface area contributed by atoms with Gasteiger partial charge in [-0.25, -0.2) is 4.39 Å². The summed E-state index contributed by atoms with van der Waals surface area (Å²) in [5, 5.41) is 49.3. The standard InChI is InChI=1S/C45H59FN2O6/c1-25(10-15-39(52)53)32-13-14-33-41-34(22-38(51)44(32,33)5)43(4)18-19-45(54,23-30(43)21-37(41)50)17-16-29-12-11-28(20-35(29)46)24-47-42-31-8-6-7-9-36(31)48-26(2)40(42)27(3)49/h6-9,11-12,20,25,30,32-34,37-38,41,50-51,54H,10,13-19,21-24H2,1-5H3,(H,47,48)(H,52,53)/t25?,30?,32-,33?,34?,37?,38?,41?,43?,44?,45?/m1/s1. The van der Waals surface area contributed by atoms with Gasteiger partial charge in [0.25, 0.3) is 0 Å². The van der Waals surface area contributed by atoms with Gasteiger partial charge in [-0.15, -0.1) is 0 Å². The fourth-order valence-corrected chi connectivity index (χ4v) is 12.4. The van der Waals surface area contributed by atoms with Crippen molar-refractivity contribution in [2.75, 3.05) is 5.32 Å². The van der Waals surface area contributed by atoms with Crippen molar-refractivity contribution in [3.05, 3.63) is 70.7 Å². The third-order valence-corrected chi connectivity index (χ3v) is 15.4. The Bertz CT molecular complexity index is 1920. The maximum Gasteiger partial charge on any atom is 0.303 e. The molecule has 292 valence electrons. The van der Waals surface area contributed by atoms with Crippen molar-refractivity contribution >= 4 is 28.3 Å². The number of carbonyl (C=O) groups is 2. The van der Waals surface area contributed by atoms with Crippen LogP contribution in [0.2, 0.25) is 0 Å². The Morgan fingerprint density at radius 1 is 1.06 bits per heavy atom. The average Bonchev–Trinajstić information content (AvgIpc) is 3.48. The van der Waals surface area contributed by atoms with E-state index in [2.05, 4.69) is 31.1 Å². The number of carbonyl (C=O) groups excluding carboxylic acids is 1. The van der Waals surface area contributed by atoms with Crippen molar-refractivity contribution in [2.45, 2.75) is 130 Å². The first-order valence-electron chi connectivity index (χ1n) is 20.3. The van der Waals surface area contributed by atoms with Crippen LogP contribution in [-0.4, -0.2) is 55.0 Å². The molecular weight excluding hydrogens is 684 g/mol. The number of nitrogens with zero attached hydrogens (tertiary/aromatic N) is 1. The number of aromatic nitrogens is 1. The lowest BCUT2D eigenvalue weighted by Gasteiger charge is -2.64. The molecule has 54 heavy (non-hydrogen) atoms. The number of aliphatic hydroxyl groups is 3. The fourth-order valence-electron chi connectivity index (χ4n) is 12.4. The molecule has 0 amide bonds. The summed E-state index contributed by atoms with van der Waals surface area (Å²) in [5.41, 5.74) is 2.54. The van der Waals surface area contributed by atoms with Crippen molar-refractivity contribution in [1.29, 1.82) is 0 Å². The van der Waals surface area contributed by atoms with Crippen LogP contribution in [0.25, 0.3) is 10.9 Å². The number of nitrogens with one attached hydrogen (secondary N) is 1. The van der Waals surface area contributed by atoms with Gasteiger partial charge in [0.1, 0.15) is 5.82 Å². The predicted octanol–water partition coefficient (Wildman–Crippen LogP) is 8.26. The normalized spacial score (nSPS) is 35.2. The van der Waals surface area contributed by atoms with Crippen LogP contribution in [0.4, 0.5) is 10.1 Å². The highest BCUT2D eigenvalue weighted by Crippen LogP contribution is 2.69. The van der Waals surface area contributed by atoms with E-state index in [0.29, 0.717) is 74.0 Å². The number of aryl methyl sites for hydroxylation is 2. The van der Waals surface area contributed by atoms with Crippen LogP contribution < -0.4 is 5.32 Å². The molecule has 10 unspecified atom stereocenters. The Kier molecular flexibility index (Phi) is 10.5. The monoisotopic (exact) mass is 742 g/mol. The molecule has 9 heteroatoms. The molecule has 4 saturated carbocycles. The zero-order chi connectivity index (χ0) is 38.7. The topological polar surface area (TPSA) is 140 Å². The second-order valence-electron chi connectivity index (χ2n) is 18.2. The highest BCUT2D eigenvalue weighted by molar-refractivity contribution is 6.08. The number of Topliss-reactive ketones (excluding diaryl/α,β-unsaturated/α-hetero) is 1. The van der Waals surface area contributed by atoms with E-state index in [9.17, 15) is 30.0 Å². The maximum absolute atomic E-state index is 15.6. The molecule has 7 rings (SSSR count). The summed E-state index contributed by atoms with van der Waals surface area (Å²) >= 11 is 0. The molecule has 0 radical (unpaired) electrons. The van der Waals surface area contributed by atoms with E-state index >= 15 is 4.39 Å². The zero-order valence-corrected chi connectivity index (χ0v) is 32.6. The zero-order valence-electron chi connectivity index (χ0n) is 32.6. The first kappa shape index (κ1) is 38.9. The van der Waals surface area contributed by atoms with Gasteiger partial charge in [0.2, 0.25) is 0 Å². The molecule has 2 aromatic carbocycles. The van der Waals surface area contributed by atoms with Gasteiger partial charge in [-0.1, -0.05) is 51.1 Å². The molecule has 0 bridgehead atoms. The third kappa shape index (κ3) is 6.76. The minimum Gasteiger partial charge on any atom is -0.481 e. The van der Waals surface area contributed by atoms with Crippen LogP contribution in [0.1, 0.15) is 119 Å². The van der Waals surface area contributed by atoms with Gasteiger partial charge in [0, 0.05) is 18.4 Å². The van der Waals surface area contributed by atoms with Crippen molar-refractivity contribution in [1.82, 2.24) is 4.98 Å². The van der Waals surface area contributed by atoms with Gasteiger partial charge in [0.15, 0.2) is 5.78 Å². The van der Waals surface area contributed by atoms with E-state index in [1.54, 1.807) is 6.07 Å². The third-order valence-electron chi connectivity index (χ3n) is 15.4. The molecule has 1 aromatic heterocycles. The molecule has 1 heterocycles. The second-order valence-corrected chi connectivity index (χ2v) is 18.2. The number of ketones is 1. The first-order chi connectivity index (χ1) is 25.6. The van der Waals surface area contributed by atoms with E-state index < -0.39 is 23.8 Å². The van der Waals surface area contributed by atoms with Crippen molar-refractivity contribution in [3.63, 3.8) is 0 Å². The summed E-state index contributed by atoms with van der Waals surface area (Å²) < 4.78 is 15.6. The fraction of sp³-hybridized carbons (Fsp3) is 0.622. The number of rotatable bonds is 11. The lowest BCUT2D eigenvalue weighted by molar-refractivity contribution is -0.216. The lowest BCUT2D eigenvalue weighted by atomic mass is 9.42. The number of pyridine rings is 1. The number of para-hydroxylation sites is 1. The number of hydrogen-bond acceptors (Lipinski definition) is 7. The Morgan fingerprint density at radius 3 is 2.54 bits per heavy atom. The predicted molar refractivity (Wildman–Crippen MR) is 208 cm³/mol. The Balaban J connectivity index is 1.01. The highest BCUT2D eigenvalue weighted by atomic mass is 19.1. The number of fused-ring (bicyclic) bond motifs is 6. The Hall–Kier alpha value is -3.40. The summed E-state index contributed by atoms with van der Waals surface area (Å²) in [4.78, 5) is 28.5. The molecule has 4 fully saturated rings. The molecule has 3 aromatic rings. The SMILES string of the molecule is CC(=O)c1c(C)nc2ccccc2c1NCc1ccc(CCC2(O)CCC3(C)C(CC(O)C4C3CC(O)C3(C)C4CC[C@@H]3C(C)CCC(=O)O)C2)c(F)c1. The largest absolute Gasteiger partial charge is 0.481 e. The van der Waals surface area contributed by atoms with E-state index in [1.807, 2.05) is 37.3 Å². The minimum absolute atomic E-state index is 0.0824. The first-order valence-corrected chi connectivity index (χ1v) is 20.3. The Morgan fingerprint density at radius 2 is 1.81 bits per heavy atom. The second kappa shape index (κ2) is 14.6. The highest BCUT2D eigenvalue weighted by Gasteiger charge is 2.66. The maximum atomic E-state index is 15.6. The van der Waals surface area contributed by atoms with E-state index in [-0.39, 0.29) is 64.4 Å². The van der Waals surface area contributed by atoms with Gasteiger partial charge in [-0.05, 0) is 148 Å². The number of aliphatic carboxylic acids is 1. The lowest BCUT2D eigenvalue weighted by Crippen LogP contribution is -2.63. The number of hydrogen-bond donors (Lipinski definition) is 5. The molecule has 4 aliphatic rings. The molecular formula is C45H59FN2O6. The van der Waals surface area contributed by atoms with E-state index in [4.69, 9.17) is 0 Å². The van der Waals surface area contributed by atoms with Crippen LogP contribution in [-0.2, 0) is 17.8 Å². The molecule has 4 aliphatic carbocycles. The molecule has 8 nitrogen and oxygen atoms in total. The minimum atomic E-state index is -0.966. The number of anilines is 1. The molecule has 0 saturated heterocycles. The van der Waals surface area contributed by atoms with E-state index in [0.717, 1.165) is 35.7 Å². The number of aliphatic hydroxyl groups excluding tert-OH is 2. The van der Waals surface area contributed by atoms with Gasteiger partial charge in [-0.2, -0.15) is 0 Å². The molecule has 0 spiro atoms.